The van der Waals surface area contributed by atoms with Gasteiger partial charge in [0.1, 0.15) is 17.5 Å². The van der Waals surface area contributed by atoms with Crippen molar-refractivity contribution in [2.75, 3.05) is 18.0 Å². The van der Waals surface area contributed by atoms with E-state index in [9.17, 15) is 13.6 Å². The molecule has 0 atom stereocenters. The maximum absolute atomic E-state index is 13.5. The zero-order valence-corrected chi connectivity index (χ0v) is 16.6. The number of rotatable bonds is 4. The monoisotopic (exact) mass is 408 g/mol. The molecule has 1 aliphatic rings. The Labute approximate surface area is 173 Å². The number of anilines is 1. The molecule has 0 unspecified atom stereocenters. The van der Waals surface area contributed by atoms with Crippen molar-refractivity contribution < 1.29 is 13.6 Å². The van der Waals surface area contributed by atoms with Gasteiger partial charge in [-0.05, 0) is 61.4 Å². The minimum absolute atomic E-state index is 0.0181. The predicted molar refractivity (Wildman–Crippen MR) is 112 cm³/mol. The lowest BCUT2D eigenvalue weighted by Crippen LogP contribution is -2.44. The summed E-state index contributed by atoms with van der Waals surface area (Å²) in [6.07, 6.45) is 3.37. The summed E-state index contributed by atoms with van der Waals surface area (Å²) in [5, 5.41) is 2.96. The van der Waals surface area contributed by atoms with Crippen LogP contribution in [0.15, 0.2) is 54.7 Å². The molecule has 3 aromatic rings. The Kier molecular flexibility index (Phi) is 5.70. The standard InChI is InChI=1S/C23H22F2N4O/c1-15(30)27-20-10-12-29(13-11-20)21-14-26-22(16-2-6-18(24)7-3-16)23(28-21)17-4-8-19(25)9-5-17/h2-9,14,20H,10-13H2,1H3,(H,27,30). The first-order valence-electron chi connectivity index (χ1n) is 9.90. The molecule has 0 spiro atoms. The number of piperidine rings is 1. The second kappa shape index (κ2) is 8.57. The van der Waals surface area contributed by atoms with E-state index in [0.717, 1.165) is 42.9 Å². The quantitative estimate of drug-likeness (QED) is 0.703. The van der Waals surface area contributed by atoms with E-state index in [1.54, 1.807) is 30.5 Å². The van der Waals surface area contributed by atoms with Crippen molar-refractivity contribution in [3.05, 3.63) is 66.4 Å². The number of carbonyl (C=O) groups is 1. The SMILES string of the molecule is CC(=O)NC1CCN(c2cnc(-c3ccc(F)cc3)c(-c3ccc(F)cc3)n2)CC1. The molecule has 1 aliphatic heterocycles. The van der Waals surface area contributed by atoms with E-state index < -0.39 is 0 Å². The Morgan fingerprint density at radius 3 is 2.00 bits per heavy atom. The van der Waals surface area contributed by atoms with Crippen molar-refractivity contribution in [2.45, 2.75) is 25.8 Å². The molecule has 2 heterocycles. The van der Waals surface area contributed by atoms with Gasteiger partial charge in [0.2, 0.25) is 5.91 Å². The van der Waals surface area contributed by atoms with Crippen molar-refractivity contribution >= 4 is 11.7 Å². The van der Waals surface area contributed by atoms with Crippen molar-refractivity contribution in [1.29, 1.82) is 0 Å². The van der Waals surface area contributed by atoms with Crippen LogP contribution in [0.1, 0.15) is 19.8 Å². The Balaban J connectivity index is 1.67. The van der Waals surface area contributed by atoms with Crippen molar-refractivity contribution in [1.82, 2.24) is 15.3 Å². The van der Waals surface area contributed by atoms with Gasteiger partial charge in [-0.15, -0.1) is 0 Å². The molecule has 0 saturated carbocycles. The highest BCUT2D eigenvalue weighted by atomic mass is 19.1. The molecule has 1 N–H and O–H groups in total. The number of aromatic nitrogens is 2. The molecular weight excluding hydrogens is 386 g/mol. The van der Waals surface area contributed by atoms with Crippen LogP contribution in [-0.4, -0.2) is 35.0 Å². The molecular formula is C23H22F2N4O. The lowest BCUT2D eigenvalue weighted by molar-refractivity contribution is -0.119. The van der Waals surface area contributed by atoms with Crippen LogP contribution in [0.4, 0.5) is 14.6 Å². The minimum Gasteiger partial charge on any atom is -0.355 e. The average molecular weight is 408 g/mol. The minimum atomic E-state index is -0.328. The van der Waals surface area contributed by atoms with Gasteiger partial charge in [0, 0.05) is 37.2 Å². The van der Waals surface area contributed by atoms with Gasteiger partial charge in [0.25, 0.3) is 0 Å². The van der Waals surface area contributed by atoms with E-state index in [1.807, 2.05) is 0 Å². The molecule has 7 heteroatoms. The summed E-state index contributed by atoms with van der Waals surface area (Å²) in [5.41, 5.74) is 2.69. The van der Waals surface area contributed by atoms with Gasteiger partial charge in [-0.1, -0.05) is 0 Å². The van der Waals surface area contributed by atoms with Crippen LogP contribution in [0.25, 0.3) is 22.5 Å². The van der Waals surface area contributed by atoms with Gasteiger partial charge < -0.3 is 10.2 Å². The number of nitrogens with one attached hydrogen (secondary N) is 1. The summed E-state index contributed by atoms with van der Waals surface area (Å²) in [6, 6.07) is 12.3. The lowest BCUT2D eigenvalue weighted by atomic mass is 10.0. The van der Waals surface area contributed by atoms with E-state index in [-0.39, 0.29) is 23.6 Å². The Hall–Kier alpha value is -3.35. The second-order valence-electron chi connectivity index (χ2n) is 7.40. The first-order chi connectivity index (χ1) is 14.5. The van der Waals surface area contributed by atoms with Crippen LogP contribution in [0, 0.1) is 11.6 Å². The molecule has 5 nitrogen and oxygen atoms in total. The Bertz CT molecular complexity index is 1030. The average Bonchev–Trinajstić information content (AvgIpc) is 2.75. The number of hydrogen-bond donors (Lipinski definition) is 1. The van der Waals surface area contributed by atoms with Crippen LogP contribution in [0.2, 0.25) is 0 Å². The maximum Gasteiger partial charge on any atom is 0.217 e. The van der Waals surface area contributed by atoms with Crippen LogP contribution < -0.4 is 10.2 Å². The molecule has 1 fully saturated rings. The van der Waals surface area contributed by atoms with Crippen molar-refractivity contribution in [2.24, 2.45) is 0 Å². The molecule has 0 bridgehead atoms. The molecule has 0 aliphatic carbocycles. The Morgan fingerprint density at radius 1 is 0.933 bits per heavy atom. The van der Waals surface area contributed by atoms with Gasteiger partial charge >= 0.3 is 0 Å². The number of carbonyl (C=O) groups excluding carboxylic acids is 1. The molecule has 1 saturated heterocycles. The fourth-order valence-corrected chi connectivity index (χ4v) is 3.70. The van der Waals surface area contributed by atoms with Gasteiger partial charge in [-0.2, -0.15) is 0 Å². The second-order valence-corrected chi connectivity index (χ2v) is 7.40. The summed E-state index contributed by atoms with van der Waals surface area (Å²) in [6.45, 7) is 3.03. The smallest absolute Gasteiger partial charge is 0.217 e. The summed E-state index contributed by atoms with van der Waals surface area (Å²) in [7, 11) is 0. The zero-order chi connectivity index (χ0) is 21.1. The van der Waals surface area contributed by atoms with Crippen LogP contribution in [-0.2, 0) is 4.79 Å². The predicted octanol–water partition coefficient (Wildman–Crippen LogP) is 4.19. The third-order valence-electron chi connectivity index (χ3n) is 5.22. The molecule has 30 heavy (non-hydrogen) atoms. The number of amides is 1. The van der Waals surface area contributed by atoms with Crippen molar-refractivity contribution in [3.63, 3.8) is 0 Å². The van der Waals surface area contributed by atoms with Gasteiger partial charge in [-0.3, -0.25) is 9.78 Å². The van der Waals surface area contributed by atoms with E-state index in [2.05, 4.69) is 15.2 Å². The van der Waals surface area contributed by atoms with Gasteiger partial charge in [-0.25, -0.2) is 13.8 Å². The zero-order valence-electron chi connectivity index (χ0n) is 16.6. The Morgan fingerprint density at radius 2 is 1.47 bits per heavy atom. The van der Waals surface area contributed by atoms with E-state index in [1.165, 1.54) is 31.2 Å². The van der Waals surface area contributed by atoms with E-state index in [4.69, 9.17) is 4.98 Å². The van der Waals surface area contributed by atoms with E-state index in [0.29, 0.717) is 11.4 Å². The summed E-state index contributed by atoms with van der Waals surface area (Å²) >= 11 is 0. The highest BCUT2D eigenvalue weighted by molar-refractivity contribution is 5.78. The topological polar surface area (TPSA) is 58.1 Å². The van der Waals surface area contributed by atoms with Gasteiger partial charge in [0.15, 0.2) is 0 Å². The normalized spacial score (nSPS) is 14.6. The summed E-state index contributed by atoms with van der Waals surface area (Å²) in [4.78, 5) is 22.9. The van der Waals surface area contributed by atoms with Crippen LogP contribution >= 0.6 is 0 Å². The molecule has 0 radical (unpaired) electrons. The first-order valence-corrected chi connectivity index (χ1v) is 9.90. The highest BCUT2D eigenvalue weighted by Gasteiger charge is 2.22. The van der Waals surface area contributed by atoms with Crippen molar-refractivity contribution in [3.8, 4) is 22.5 Å². The molecule has 4 rings (SSSR count). The van der Waals surface area contributed by atoms with E-state index >= 15 is 0 Å². The maximum atomic E-state index is 13.5. The van der Waals surface area contributed by atoms with Crippen LogP contribution in [0.5, 0.6) is 0 Å². The van der Waals surface area contributed by atoms with Crippen LogP contribution in [0.3, 0.4) is 0 Å². The molecule has 2 aromatic carbocycles. The number of hydrogen-bond acceptors (Lipinski definition) is 4. The van der Waals surface area contributed by atoms with Gasteiger partial charge in [0.05, 0.1) is 17.6 Å². The fourth-order valence-electron chi connectivity index (χ4n) is 3.70. The molecule has 154 valence electrons. The third kappa shape index (κ3) is 4.45. The third-order valence-corrected chi connectivity index (χ3v) is 5.22. The molecule has 1 aromatic heterocycles. The lowest BCUT2D eigenvalue weighted by Gasteiger charge is -2.33. The number of halogens is 2. The largest absolute Gasteiger partial charge is 0.355 e. The molecule has 1 amide bonds. The highest BCUT2D eigenvalue weighted by Crippen LogP contribution is 2.31. The fraction of sp³-hybridized carbons (Fsp3) is 0.261. The summed E-state index contributed by atoms with van der Waals surface area (Å²) < 4.78 is 26.8. The number of benzene rings is 2. The summed E-state index contributed by atoms with van der Waals surface area (Å²) in [5.74, 6) is 0.0527. The number of nitrogens with zero attached hydrogens (tertiary/aromatic N) is 3. The first kappa shape index (κ1) is 19.9.